The quantitative estimate of drug-likeness (QED) is 0.166. The molecular weight excluding hydrogens is 666 g/mol. The van der Waals surface area contributed by atoms with Crippen molar-refractivity contribution in [1.29, 1.82) is 0 Å². The minimum absolute atomic E-state index is 0.307. The summed E-state index contributed by atoms with van der Waals surface area (Å²) >= 11 is 0. The third kappa shape index (κ3) is 11.4. The van der Waals surface area contributed by atoms with E-state index in [1.807, 2.05) is 0 Å². The topological polar surface area (TPSA) is 36.9 Å². The van der Waals surface area contributed by atoms with E-state index in [4.69, 9.17) is 18.1 Å². The van der Waals surface area contributed by atoms with Gasteiger partial charge in [0.1, 0.15) is 0 Å². The number of hydrogen-bond acceptors (Lipinski definition) is 4. The highest BCUT2D eigenvalue weighted by atomic mass is 31.2. The van der Waals surface area contributed by atoms with Crippen molar-refractivity contribution in [2.24, 2.45) is 71.0 Å². The molecule has 5 aliphatic rings. The first-order chi connectivity index (χ1) is 24.2. The monoisotopic (exact) mass is 751 g/mol. The maximum Gasteiger partial charge on any atom is 0.175 e. The lowest BCUT2D eigenvalue weighted by atomic mass is 9.75. The van der Waals surface area contributed by atoms with Gasteiger partial charge in [0.25, 0.3) is 0 Å². The minimum atomic E-state index is -1.07. The van der Waals surface area contributed by atoms with Gasteiger partial charge in [0.15, 0.2) is 16.8 Å². The van der Waals surface area contributed by atoms with E-state index in [9.17, 15) is 0 Å². The van der Waals surface area contributed by atoms with E-state index < -0.39 is 16.8 Å². The molecule has 5 rings (SSSR count). The summed E-state index contributed by atoms with van der Waals surface area (Å²) in [5.74, 6) is 7.98. The van der Waals surface area contributed by atoms with Crippen molar-refractivity contribution in [2.75, 3.05) is 0 Å². The molecule has 0 saturated heterocycles. The average molecular weight is 751 g/mol. The van der Waals surface area contributed by atoms with Gasteiger partial charge in [-0.2, -0.15) is 0 Å². The Hall–Kier alpha value is 0.700. The molecule has 4 nitrogen and oxygen atoms in total. The average Bonchev–Trinajstić information content (AvgIpc) is 3.54. The molecule has 14 unspecified atom stereocenters. The van der Waals surface area contributed by atoms with Crippen molar-refractivity contribution in [3.05, 3.63) is 0 Å². The molecule has 0 aromatic rings. The van der Waals surface area contributed by atoms with Crippen LogP contribution in [0.2, 0.25) is 0 Å². The predicted octanol–water partition coefficient (Wildman–Crippen LogP) is 14.4. The first-order valence-corrected chi connectivity index (χ1v) is 25.0. The van der Waals surface area contributed by atoms with Crippen molar-refractivity contribution in [3.8, 4) is 0 Å². The maximum atomic E-state index is 7.64. The third-order valence-electron chi connectivity index (χ3n) is 14.8. The summed E-state index contributed by atoms with van der Waals surface area (Å²) in [5, 5.41) is 0. The van der Waals surface area contributed by atoms with Gasteiger partial charge in [-0.3, -0.25) is 0 Å². The number of rotatable bonds is 14. The molecule has 14 atom stereocenters. The summed E-state index contributed by atoms with van der Waals surface area (Å²) < 4.78 is 30.6. The Balaban J connectivity index is 1.49. The summed E-state index contributed by atoms with van der Waals surface area (Å²) in [4.78, 5) is 0. The summed E-state index contributed by atoms with van der Waals surface area (Å²) in [6, 6.07) is 0. The van der Waals surface area contributed by atoms with E-state index >= 15 is 0 Å². The van der Waals surface area contributed by atoms with Crippen molar-refractivity contribution < 1.29 is 18.1 Å². The zero-order chi connectivity index (χ0) is 37.0. The lowest BCUT2D eigenvalue weighted by Gasteiger charge is -2.46. The van der Waals surface area contributed by atoms with Crippen LogP contribution < -0.4 is 0 Å². The molecule has 5 fully saturated rings. The molecular formula is C45H84O4P2. The molecule has 5 aliphatic carbocycles. The van der Waals surface area contributed by atoms with Gasteiger partial charge >= 0.3 is 0 Å². The van der Waals surface area contributed by atoms with Crippen LogP contribution in [0, 0.1) is 71.0 Å². The summed E-state index contributed by atoms with van der Waals surface area (Å²) in [6.45, 7) is 29.3. The largest absolute Gasteiger partial charge is 0.330 e. The van der Waals surface area contributed by atoms with Crippen LogP contribution in [-0.2, 0) is 18.1 Å². The molecule has 0 amide bonds. The molecule has 0 N–H and O–H groups in total. The van der Waals surface area contributed by atoms with E-state index in [2.05, 4.69) is 83.1 Å². The fourth-order valence-corrected chi connectivity index (χ4v) is 16.3. The maximum absolute atomic E-state index is 7.64. The fourth-order valence-electron chi connectivity index (χ4n) is 11.3. The van der Waals surface area contributed by atoms with Crippen LogP contribution in [0.15, 0.2) is 0 Å². The summed E-state index contributed by atoms with van der Waals surface area (Å²) in [7, 11) is -2.15. The van der Waals surface area contributed by atoms with Gasteiger partial charge in [-0.1, -0.05) is 115 Å². The first-order valence-electron chi connectivity index (χ1n) is 22.5. The van der Waals surface area contributed by atoms with E-state index in [0.29, 0.717) is 83.1 Å². The molecule has 0 bridgehead atoms. The van der Waals surface area contributed by atoms with Gasteiger partial charge in [0.2, 0.25) is 0 Å². The van der Waals surface area contributed by atoms with Crippen LogP contribution in [0.5, 0.6) is 0 Å². The van der Waals surface area contributed by atoms with Crippen molar-refractivity contribution >= 4 is 16.8 Å². The SMILES string of the molecule is CC1CCC(C(C)C)C(OP(OC2CC(C)CCC2C(C)C)C2CCCC2P(OC2CC(C)CCC2C(C)C)OC2CC(C)CCC2C(C)C)C1. The summed E-state index contributed by atoms with van der Waals surface area (Å²) in [6.07, 6.45) is 20.1. The van der Waals surface area contributed by atoms with Gasteiger partial charge in [-0.25, -0.2) is 0 Å². The third-order valence-corrected chi connectivity index (χ3v) is 19.3. The standard InChI is InChI=1S/C45H84O4P2/c1-28(2)36-20-16-32(9)24-40(36)46-50(47-41-25-33(10)17-21-37(41)29(3)4)44-14-13-15-45(44)51(48-42-26-34(11)18-22-38(42)30(5)6)49-43-27-35(12)19-23-39(43)31(7)8/h28-45H,13-27H2,1-12H3. The van der Waals surface area contributed by atoms with Crippen LogP contribution in [-0.4, -0.2) is 35.7 Å². The van der Waals surface area contributed by atoms with Gasteiger partial charge in [-0.05, 0) is 135 Å². The van der Waals surface area contributed by atoms with Gasteiger partial charge in [-0.15, -0.1) is 0 Å². The Bertz CT molecular complexity index is 874. The van der Waals surface area contributed by atoms with E-state index in [0.717, 1.165) is 23.7 Å². The van der Waals surface area contributed by atoms with Crippen LogP contribution in [0.25, 0.3) is 0 Å². The van der Waals surface area contributed by atoms with Crippen LogP contribution in [0.3, 0.4) is 0 Å². The Kier molecular flexibility index (Phi) is 16.6. The molecule has 0 aliphatic heterocycles. The summed E-state index contributed by atoms with van der Waals surface area (Å²) in [5.41, 5.74) is 0.802. The van der Waals surface area contributed by atoms with Crippen LogP contribution in [0.4, 0.5) is 0 Å². The second-order valence-electron chi connectivity index (χ2n) is 20.5. The smallest absolute Gasteiger partial charge is 0.175 e. The van der Waals surface area contributed by atoms with Gasteiger partial charge < -0.3 is 18.1 Å². The normalized spacial score (nSPS) is 42.6. The van der Waals surface area contributed by atoms with Crippen LogP contribution in [0.1, 0.15) is 179 Å². The molecule has 0 aromatic heterocycles. The molecule has 51 heavy (non-hydrogen) atoms. The second kappa shape index (κ2) is 19.7. The predicted molar refractivity (Wildman–Crippen MR) is 220 cm³/mol. The van der Waals surface area contributed by atoms with Crippen molar-refractivity contribution in [2.45, 2.75) is 215 Å². The highest BCUT2D eigenvalue weighted by molar-refractivity contribution is 7.53. The lowest BCUT2D eigenvalue weighted by Crippen LogP contribution is -2.39. The highest BCUT2D eigenvalue weighted by Crippen LogP contribution is 2.65. The second-order valence-corrected chi connectivity index (χ2v) is 23.8. The van der Waals surface area contributed by atoms with E-state index in [1.54, 1.807) is 0 Å². The fraction of sp³-hybridized carbons (Fsp3) is 1.00. The molecule has 0 heterocycles. The minimum Gasteiger partial charge on any atom is -0.330 e. The van der Waals surface area contributed by atoms with Gasteiger partial charge in [0, 0.05) is 11.3 Å². The van der Waals surface area contributed by atoms with Gasteiger partial charge in [0.05, 0.1) is 24.4 Å². The van der Waals surface area contributed by atoms with Crippen LogP contribution >= 0.6 is 16.8 Å². The van der Waals surface area contributed by atoms with E-state index in [-0.39, 0.29) is 0 Å². The molecule has 0 aromatic carbocycles. The van der Waals surface area contributed by atoms with Crippen molar-refractivity contribution in [3.63, 3.8) is 0 Å². The lowest BCUT2D eigenvalue weighted by molar-refractivity contribution is 0.00431. The molecule has 5 saturated carbocycles. The molecule has 298 valence electrons. The molecule has 6 heteroatoms. The number of hydrogen-bond donors (Lipinski definition) is 0. The highest BCUT2D eigenvalue weighted by Gasteiger charge is 2.49. The van der Waals surface area contributed by atoms with Crippen molar-refractivity contribution in [1.82, 2.24) is 0 Å². The Morgan fingerprint density at radius 3 is 0.804 bits per heavy atom. The molecule has 0 spiro atoms. The zero-order valence-corrected chi connectivity index (χ0v) is 37.3. The Morgan fingerprint density at radius 2 is 0.588 bits per heavy atom. The Morgan fingerprint density at radius 1 is 0.353 bits per heavy atom. The molecule has 0 radical (unpaired) electrons. The Labute approximate surface area is 320 Å². The zero-order valence-electron chi connectivity index (χ0n) is 35.5. The van der Waals surface area contributed by atoms with E-state index in [1.165, 1.54) is 96.3 Å². The first kappa shape index (κ1) is 42.8.